The lowest BCUT2D eigenvalue weighted by Gasteiger charge is -2.33. The molecular formula is C21H33IN6. The summed E-state index contributed by atoms with van der Waals surface area (Å²) < 4.78 is 1.96. The standard InChI is InChI=1S/C21H32N6.HI/c1-17-14-24-27(15-17)13-10-23-21(22-3)25-20-8-11-26(12-9-20)16-19-7-5-4-6-18(19)2;/h4-7,14-15,20H,8-13,16H2,1-3H3,(H2,22,23,25);1H. The fourth-order valence-electron chi connectivity index (χ4n) is 3.53. The number of piperidine rings is 1. The van der Waals surface area contributed by atoms with Gasteiger partial charge < -0.3 is 10.6 Å². The fourth-order valence-corrected chi connectivity index (χ4v) is 3.53. The van der Waals surface area contributed by atoms with E-state index in [1.807, 2.05) is 17.9 Å². The predicted octanol–water partition coefficient (Wildman–Crippen LogP) is 2.95. The van der Waals surface area contributed by atoms with Crippen LogP contribution in [0.3, 0.4) is 0 Å². The SMILES string of the molecule is CN=C(NCCn1cc(C)cn1)NC1CCN(Cc2ccccc2C)CC1.I. The van der Waals surface area contributed by atoms with E-state index in [0.29, 0.717) is 6.04 Å². The number of aryl methyl sites for hydroxylation is 2. The van der Waals surface area contributed by atoms with Gasteiger partial charge in [0, 0.05) is 45.5 Å². The molecule has 0 radical (unpaired) electrons. The maximum atomic E-state index is 4.37. The maximum absolute atomic E-state index is 4.37. The minimum absolute atomic E-state index is 0. The second-order valence-corrected chi connectivity index (χ2v) is 7.40. The molecule has 3 rings (SSSR count). The van der Waals surface area contributed by atoms with Gasteiger partial charge in [0.1, 0.15) is 0 Å². The third kappa shape index (κ3) is 6.77. The molecule has 28 heavy (non-hydrogen) atoms. The Morgan fingerprint density at radius 3 is 2.61 bits per heavy atom. The summed E-state index contributed by atoms with van der Waals surface area (Å²) in [6, 6.07) is 9.17. The van der Waals surface area contributed by atoms with Gasteiger partial charge in [0.05, 0.1) is 12.7 Å². The first-order valence-corrected chi connectivity index (χ1v) is 9.87. The molecule has 1 aromatic heterocycles. The quantitative estimate of drug-likeness (QED) is 0.367. The van der Waals surface area contributed by atoms with Crippen LogP contribution in [0.2, 0.25) is 0 Å². The first kappa shape index (κ1) is 22.7. The summed E-state index contributed by atoms with van der Waals surface area (Å²) in [6.45, 7) is 9.20. The lowest BCUT2D eigenvalue weighted by atomic mass is 10.0. The molecule has 7 heteroatoms. The van der Waals surface area contributed by atoms with Crippen molar-refractivity contribution in [1.82, 2.24) is 25.3 Å². The lowest BCUT2D eigenvalue weighted by molar-refractivity contribution is 0.198. The number of nitrogens with zero attached hydrogens (tertiary/aromatic N) is 4. The molecule has 0 aliphatic carbocycles. The fraction of sp³-hybridized carbons (Fsp3) is 0.524. The highest BCUT2D eigenvalue weighted by Crippen LogP contribution is 2.16. The molecule has 0 atom stereocenters. The molecule has 6 nitrogen and oxygen atoms in total. The van der Waals surface area contributed by atoms with E-state index in [1.165, 1.54) is 16.7 Å². The van der Waals surface area contributed by atoms with Crippen LogP contribution in [0.5, 0.6) is 0 Å². The molecule has 1 aliphatic heterocycles. The number of nitrogens with one attached hydrogen (secondary N) is 2. The molecule has 2 aromatic rings. The molecule has 1 aromatic carbocycles. The Hall–Kier alpha value is -1.61. The van der Waals surface area contributed by atoms with Crippen molar-refractivity contribution in [3.63, 3.8) is 0 Å². The van der Waals surface area contributed by atoms with Gasteiger partial charge in [0.15, 0.2) is 5.96 Å². The van der Waals surface area contributed by atoms with E-state index in [9.17, 15) is 0 Å². The van der Waals surface area contributed by atoms with E-state index < -0.39 is 0 Å². The average Bonchev–Trinajstić information content (AvgIpc) is 3.09. The van der Waals surface area contributed by atoms with Crippen LogP contribution < -0.4 is 10.6 Å². The molecule has 1 fully saturated rings. The third-order valence-corrected chi connectivity index (χ3v) is 5.20. The van der Waals surface area contributed by atoms with Crippen LogP contribution in [0.1, 0.15) is 29.5 Å². The van der Waals surface area contributed by atoms with Crippen LogP contribution in [0, 0.1) is 13.8 Å². The summed E-state index contributed by atoms with van der Waals surface area (Å²) in [4.78, 5) is 6.92. The zero-order valence-corrected chi connectivity index (χ0v) is 19.5. The Kier molecular flexibility index (Phi) is 9.24. The number of likely N-dealkylation sites (tertiary alicyclic amines) is 1. The van der Waals surface area contributed by atoms with Gasteiger partial charge in [-0.15, -0.1) is 24.0 Å². The van der Waals surface area contributed by atoms with Gasteiger partial charge in [-0.1, -0.05) is 24.3 Å². The number of benzene rings is 1. The second-order valence-electron chi connectivity index (χ2n) is 7.40. The molecule has 1 saturated heterocycles. The van der Waals surface area contributed by atoms with E-state index >= 15 is 0 Å². The summed E-state index contributed by atoms with van der Waals surface area (Å²) in [7, 11) is 1.83. The van der Waals surface area contributed by atoms with Gasteiger partial charge in [-0.2, -0.15) is 5.10 Å². The van der Waals surface area contributed by atoms with Crippen molar-refractivity contribution in [2.24, 2.45) is 4.99 Å². The molecule has 1 aliphatic rings. The van der Waals surface area contributed by atoms with Gasteiger partial charge in [-0.05, 0) is 43.4 Å². The number of aliphatic imine (C=N–C) groups is 1. The van der Waals surface area contributed by atoms with Crippen molar-refractivity contribution >= 4 is 29.9 Å². The first-order valence-electron chi connectivity index (χ1n) is 9.87. The van der Waals surface area contributed by atoms with Crippen LogP contribution in [0.25, 0.3) is 0 Å². The van der Waals surface area contributed by atoms with E-state index in [0.717, 1.165) is 51.5 Å². The van der Waals surface area contributed by atoms with E-state index in [1.54, 1.807) is 0 Å². The van der Waals surface area contributed by atoms with Crippen molar-refractivity contribution in [2.75, 3.05) is 26.7 Å². The highest BCUT2D eigenvalue weighted by atomic mass is 127. The Morgan fingerprint density at radius 1 is 1.21 bits per heavy atom. The Balaban J connectivity index is 0.00000280. The minimum atomic E-state index is 0. The summed E-state index contributed by atoms with van der Waals surface area (Å²) in [6.07, 6.45) is 6.23. The lowest BCUT2D eigenvalue weighted by Crippen LogP contribution is -2.49. The third-order valence-electron chi connectivity index (χ3n) is 5.20. The summed E-state index contributed by atoms with van der Waals surface area (Å²) in [5.41, 5.74) is 4.01. The molecule has 0 amide bonds. The molecule has 2 N–H and O–H groups in total. The number of rotatable bonds is 6. The molecule has 0 saturated carbocycles. The monoisotopic (exact) mass is 496 g/mol. The highest BCUT2D eigenvalue weighted by Gasteiger charge is 2.20. The molecule has 0 spiro atoms. The molecule has 154 valence electrons. The van der Waals surface area contributed by atoms with Crippen molar-refractivity contribution < 1.29 is 0 Å². The van der Waals surface area contributed by atoms with Crippen LogP contribution in [0.15, 0.2) is 41.7 Å². The van der Waals surface area contributed by atoms with Crippen molar-refractivity contribution in [3.8, 4) is 0 Å². The Morgan fingerprint density at radius 2 is 1.96 bits per heavy atom. The summed E-state index contributed by atoms with van der Waals surface area (Å²) >= 11 is 0. The topological polar surface area (TPSA) is 57.5 Å². The van der Waals surface area contributed by atoms with Gasteiger partial charge in [0.2, 0.25) is 0 Å². The van der Waals surface area contributed by atoms with Crippen molar-refractivity contribution in [3.05, 3.63) is 53.3 Å². The van der Waals surface area contributed by atoms with Gasteiger partial charge in [0.25, 0.3) is 0 Å². The zero-order valence-electron chi connectivity index (χ0n) is 17.2. The van der Waals surface area contributed by atoms with Gasteiger partial charge >= 0.3 is 0 Å². The molecule has 0 bridgehead atoms. The van der Waals surface area contributed by atoms with Crippen molar-refractivity contribution in [2.45, 2.75) is 45.8 Å². The van der Waals surface area contributed by atoms with E-state index in [-0.39, 0.29) is 24.0 Å². The van der Waals surface area contributed by atoms with Gasteiger partial charge in [-0.25, -0.2) is 0 Å². The highest BCUT2D eigenvalue weighted by molar-refractivity contribution is 14.0. The summed E-state index contributed by atoms with van der Waals surface area (Å²) in [5, 5.41) is 11.3. The first-order chi connectivity index (χ1) is 13.1. The number of hydrogen-bond acceptors (Lipinski definition) is 3. The second kappa shape index (κ2) is 11.4. The minimum Gasteiger partial charge on any atom is -0.355 e. The van der Waals surface area contributed by atoms with Crippen LogP contribution in [0.4, 0.5) is 0 Å². The van der Waals surface area contributed by atoms with Gasteiger partial charge in [-0.3, -0.25) is 14.6 Å². The number of hydrogen-bond donors (Lipinski definition) is 2. The van der Waals surface area contributed by atoms with Crippen LogP contribution in [-0.4, -0.2) is 53.4 Å². The number of guanidine groups is 1. The normalized spacial score (nSPS) is 15.9. The summed E-state index contributed by atoms with van der Waals surface area (Å²) in [5.74, 6) is 0.885. The average molecular weight is 496 g/mol. The van der Waals surface area contributed by atoms with E-state index in [2.05, 4.69) is 69.9 Å². The Bertz CT molecular complexity index is 749. The van der Waals surface area contributed by atoms with Crippen molar-refractivity contribution in [1.29, 1.82) is 0 Å². The molecular weight excluding hydrogens is 463 g/mol. The maximum Gasteiger partial charge on any atom is 0.191 e. The Labute approximate surface area is 185 Å². The van der Waals surface area contributed by atoms with Crippen LogP contribution in [-0.2, 0) is 13.1 Å². The predicted molar refractivity (Wildman–Crippen MR) is 126 cm³/mol. The molecule has 2 heterocycles. The van der Waals surface area contributed by atoms with E-state index in [4.69, 9.17) is 0 Å². The molecule has 0 unspecified atom stereocenters. The zero-order chi connectivity index (χ0) is 19.1. The largest absolute Gasteiger partial charge is 0.355 e. The number of halogens is 1. The van der Waals surface area contributed by atoms with Crippen LogP contribution >= 0.6 is 24.0 Å². The number of aromatic nitrogens is 2. The smallest absolute Gasteiger partial charge is 0.191 e.